The molecule has 2 atom stereocenters. The van der Waals surface area contributed by atoms with Gasteiger partial charge in [-0.3, -0.25) is 4.79 Å². The van der Waals surface area contributed by atoms with Gasteiger partial charge in [-0.25, -0.2) is 4.98 Å². The predicted octanol–water partition coefficient (Wildman–Crippen LogP) is 3.22. The van der Waals surface area contributed by atoms with E-state index in [2.05, 4.69) is 33.2 Å². The monoisotopic (exact) mass is 282 g/mol. The lowest BCUT2D eigenvalue weighted by Crippen LogP contribution is -2.24. The molecular formula is C12H15BrN2O. The highest BCUT2D eigenvalue weighted by Crippen LogP contribution is 2.32. The smallest absolute Gasteiger partial charge is 0.227 e. The van der Waals surface area contributed by atoms with Crippen molar-refractivity contribution in [2.24, 2.45) is 11.8 Å². The first-order valence-corrected chi connectivity index (χ1v) is 6.39. The van der Waals surface area contributed by atoms with E-state index in [1.54, 1.807) is 6.20 Å². The van der Waals surface area contributed by atoms with Crippen molar-refractivity contribution >= 4 is 27.5 Å². The Labute approximate surface area is 104 Å². The number of nitrogens with zero attached hydrogens (tertiary/aromatic N) is 1. The summed E-state index contributed by atoms with van der Waals surface area (Å²) in [4.78, 5) is 16.1. The third kappa shape index (κ3) is 2.43. The average Bonchev–Trinajstić information content (AvgIpc) is 2.68. The molecule has 1 aromatic rings. The van der Waals surface area contributed by atoms with Gasteiger partial charge in [0.15, 0.2) is 0 Å². The Balaban J connectivity index is 2.05. The molecule has 1 amide bonds. The number of carbonyl (C=O) groups is 1. The number of aromatic nitrogens is 1. The van der Waals surface area contributed by atoms with E-state index in [1.165, 1.54) is 0 Å². The van der Waals surface area contributed by atoms with Crippen LogP contribution in [0.5, 0.6) is 0 Å². The van der Waals surface area contributed by atoms with Crippen LogP contribution in [0.3, 0.4) is 0 Å². The Morgan fingerprint density at radius 2 is 2.38 bits per heavy atom. The van der Waals surface area contributed by atoms with Gasteiger partial charge in [-0.2, -0.15) is 0 Å². The Hall–Kier alpha value is -0.900. The van der Waals surface area contributed by atoms with Gasteiger partial charge in [0, 0.05) is 12.1 Å². The molecule has 1 aliphatic rings. The maximum Gasteiger partial charge on any atom is 0.227 e. The lowest BCUT2D eigenvalue weighted by molar-refractivity contribution is -0.120. The predicted molar refractivity (Wildman–Crippen MR) is 67.1 cm³/mol. The van der Waals surface area contributed by atoms with E-state index in [4.69, 9.17) is 0 Å². The minimum atomic E-state index is 0.124. The number of halogens is 1. The van der Waals surface area contributed by atoms with Crippen molar-refractivity contribution < 1.29 is 4.79 Å². The second kappa shape index (κ2) is 4.95. The third-order valence-corrected chi connectivity index (χ3v) is 3.85. The van der Waals surface area contributed by atoms with E-state index < -0.39 is 0 Å². The number of amides is 1. The molecule has 1 N–H and O–H groups in total. The standard InChI is InChI=1S/C12H15BrN2O/c1-8-4-2-5-9(8)12(16)15-10-6-3-7-14-11(10)13/h3,6-9H,2,4-5H2,1H3,(H,15,16). The number of hydrogen-bond donors (Lipinski definition) is 1. The molecule has 1 heterocycles. The number of nitrogens with one attached hydrogen (secondary N) is 1. The Kier molecular flexibility index (Phi) is 3.59. The van der Waals surface area contributed by atoms with Gasteiger partial charge in [0.1, 0.15) is 4.60 Å². The molecule has 2 unspecified atom stereocenters. The molecule has 1 aliphatic carbocycles. The normalized spacial score (nSPS) is 24.4. The fourth-order valence-electron chi connectivity index (χ4n) is 2.24. The highest BCUT2D eigenvalue weighted by atomic mass is 79.9. The third-order valence-electron chi connectivity index (χ3n) is 3.22. The molecule has 0 aromatic carbocycles. The van der Waals surface area contributed by atoms with Crippen LogP contribution in [-0.4, -0.2) is 10.9 Å². The van der Waals surface area contributed by atoms with E-state index in [-0.39, 0.29) is 11.8 Å². The molecule has 16 heavy (non-hydrogen) atoms. The summed E-state index contributed by atoms with van der Waals surface area (Å²) >= 11 is 3.32. The molecule has 86 valence electrons. The molecule has 0 bridgehead atoms. The highest BCUT2D eigenvalue weighted by molar-refractivity contribution is 9.10. The van der Waals surface area contributed by atoms with Gasteiger partial charge in [0.25, 0.3) is 0 Å². The van der Waals surface area contributed by atoms with Crippen LogP contribution in [0.4, 0.5) is 5.69 Å². The number of carbonyl (C=O) groups excluding carboxylic acids is 1. The first kappa shape index (κ1) is 11.6. The Bertz CT molecular complexity index is 394. The molecule has 0 aliphatic heterocycles. The van der Waals surface area contributed by atoms with Crippen LogP contribution in [-0.2, 0) is 4.79 Å². The van der Waals surface area contributed by atoms with Crippen LogP contribution in [0.2, 0.25) is 0 Å². The average molecular weight is 283 g/mol. The first-order valence-electron chi connectivity index (χ1n) is 5.60. The summed E-state index contributed by atoms with van der Waals surface area (Å²) in [6.45, 7) is 2.15. The van der Waals surface area contributed by atoms with E-state index in [0.717, 1.165) is 24.9 Å². The molecule has 0 saturated heterocycles. The van der Waals surface area contributed by atoms with Gasteiger partial charge in [0.05, 0.1) is 5.69 Å². The number of anilines is 1. The Morgan fingerprint density at radius 1 is 1.56 bits per heavy atom. The summed E-state index contributed by atoms with van der Waals surface area (Å²) < 4.78 is 0.689. The van der Waals surface area contributed by atoms with E-state index in [1.807, 2.05) is 12.1 Å². The van der Waals surface area contributed by atoms with Crippen LogP contribution in [0, 0.1) is 11.8 Å². The van der Waals surface area contributed by atoms with Crippen molar-refractivity contribution in [1.82, 2.24) is 4.98 Å². The zero-order valence-electron chi connectivity index (χ0n) is 9.24. The summed E-state index contributed by atoms with van der Waals surface area (Å²) in [5, 5.41) is 2.93. The van der Waals surface area contributed by atoms with Crippen LogP contribution < -0.4 is 5.32 Å². The summed E-state index contributed by atoms with van der Waals surface area (Å²) in [6, 6.07) is 3.67. The second-order valence-electron chi connectivity index (χ2n) is 4.35. The van der Waals surface area contributed by atoms with Gasteiger partial charge >= 0.3 is 0 Å². The quantitative estimate of drug-likeness (QED) is 0.847. The lowest BCUT2D eigenvalue weighted by Gasteiger charge is -2.15. The molecule has 1 fully saturated rings. The molecule has 0 radical (unpaired) electrons. The van der Waals surface area contributed by atoms with Crippen LogP contribution in [0.1, 0.15) is 26.2 Å². The maximum absolute atomic E-state index is 12.0. The minimum Gasteiger partial charge on any atom is -0.324 e. The van der Waals surface area contributed by atoms with Gasteiger partial charge in [-0.05, 0) is 46.8 Å². The van der Waals surface area contributed by atoms with Crippen LogP contribution in [0.25, 0.3) is 0 Å². The zero-order chi connectivity index (χ0) is 11.5. The van der Waals surface area contributed by atoms with Crippen molar-refractivity contribution in [3.05, 3.63) is 22.9 Å². The topological polar surface area (TPSA) is 42.0 Å². The molecule has 0 spiro atoms. The van der Waals surface area contributed by atoms with Crippen LogP contribution >= 0.6 is 15.9 Å². The minimum absolute atomic E-state index is 0.124. The van der Waals surface area contributed by atoms with Crippen molar-refractivity contribution in [3.63, 3.8) is 0 Å². The van der Waals surface area contributed by atoms with Gasteiger partial charge < -0.3 is 5.32 Å². The largest absolute Gasteiger partial charge is 0.324 e. The van der Waals surface area contributed by atoms with Crippen molar-refractivity contribution in [2.45, 2.75) is 26.2 Å². The summed E-state index contributed by atoms with van der Waals surface area (Å²) in [5.41, 5.74) is 0.756. The number of pyridine rings is 1. The fraction of sp³-hybridized carbons (Fsp3) is 0.500. The van der Waals surface area contributed by atoms with Gasteiger partial charge in [0.2, 0.25) is 5.91 Å². The van der Waals surface area contributed by atoms with E-state index in [0.29, 0.717) is 10.5 Å². The summed E-state index contributed by atoms with van der Waals surface area (Å²) in [5.74, 6) is 0.779. The molecule has 4 heteroatoms. The molecule has 1 aromatic heterocycles. The highest BCUT2D eigenvalue weighted by Gasteiger charge is 2.29. The van der Waals surface area contributed by atoms with Crippen molar-refractivity contribution in [3.8, 4) is 0 Å². The number of hydrogen-bond acceptors (Lipinski definition) is 2. The van der Waals surface area contributed by atoms with E-state index in [9.17, 15) is 4.79 Å². The zero-order valence-corrected chi connectivity index (χ0v) is 10.8. The lowest BCUT2D eigenvalue weighted by atomic mass is 9.97. The van der Waals surface area contributed by atoms with Gasteiger partial charge in [-0.1, -0.05) is 13.3 Å². The number of rotatable bonds is 2. The SMILES string of the molecule is CC1CCCC1C(=O)Nc1cccnc1Br. The van der Waals surface area contributed by atoms with Crippen molar-refractivity contribution in [2.75, 3.05) is 5.32 Å². The molecule has 1 saturated carbocycles. The summed E-state index contributed by atoms with van der Waals surface area (Å²) in [6.07, 6.45) is 5.02. The molecule has 2 rings (SSSR count). The molecule has 3 nitrogen and oxygen atoms in total. The van der Waals surface area contributed by atoms with Gasteiger partial charge in [-0.15, -0.1) is 0 Å². The Morgan fingerprint density at radius 3 is 3.00 bits per heavy atom. The fourth-order valence-corrected chi connectivity index (χ4v) is 2.59. The van der Waals surface area contributed by atoms with Crippen LogP contribution in [0.15, 0.2) is 22.9 Å². The summed E-state index contributed by atoms with van der Waals surface area (Å²) in [7, 11) is 0. The first-order chi connectivity index (χ1) is 7.68. The van der Waals surface area contributed by atoms with Crippen molar-refractivity contribution in [1.29, 1.82) is 0 Å². The maximum atomic E-state index is 12.0. The van der Waals surface area contributed by atoms with E-state index >= 15 is 0 Å². The second-order valence-corrected chi connectivity index (χ2v) is 5.10. The molecular weight excluding hydrogens is 268 g/mol.